The molecular formula is C16H14BrClFN. The molecule has 104 valence electrons. The molecule has 1 fully saturated rings. The fourth-order valence-electron chi connectivity index (χ4n) is 2.72. The zero-order chi connectivity index (χ0) is 14.2. The number of rotatable bonds is 3. The Morgan fingerprint density at radius 1 is 1.20 bits per heavy atom. The van der Waals surface area contributed by atoms with Gasteiger partial charge in [0.25, 0.3) is 0 Å². The molecule has 0 unspecified atom stereocenters. The van der Waals surface area contributed by atoms with Gasteiger partial charge in [-0.1, -0.05) is 39.7 Å². The molecule has 2 aromatic rings. The van der Waals surface area contributed by atoms with Gasteiger partial charge >= 0.3 is 0 Å². The van der Waals surface area contributed by atoms with Crippen LogP contribution in [0.3, 0.4) is 0 Å². The second kappa shape index (κ2) is 5.47. The zero-order valence-electron chi connectivity index (χ0n) is 10.8. The summed E-state index contributed by atoms with van der Waals surface area (Å²) in [5.74, 6) is -0.185. The SMILES string of the molecule is Fc1ccc(Cl)cc1CC1(c2cccc(Br)c2)CNC1. The summed E-state index contributed by atoms with van der Waals surface area (Å²) in [6.07, 6.45) is 0.656. The Bertz CT molecular complexity index is 640. The van der Waals surface area contributed by atoms with Crippen LogP contribution in [-0.2, 0) is 11.8 Å². The molecule has 0 amide bonds. The Morgan fingerprint density at radius 3 is 2.65 bits per heavy atom. The molecule has 1 N–H and O–H groups in total. The maximum atomic E-state index is 14.0. The van der Waals surface area contributed by atoms with Crippen molar-refractivity contribution in [3.8, 4) is 0 Å². The maximum absolute atomic E-state index is 14.0. The molecule has 0 aromatic heterocycles. The Labute approximate surface area is 131 Å². The van der Waals surface area contributed by atoms with Gasteiger partial charge in [-0.3, -0.25) is 0 Å². The first kappa shape index (κ1) is 14.1. The summed E-state index contributed by atoms with van der Waals surface area (Å²) in [4.78, 5) is 0. The van der Waals surface area contributed by atoms with Gasteiger partial charge in [-0.25, -0.2) is 4.39 Å². The Kier molecular flexibility index (Phi) is 3.85. The molecule has 2 aromatic carbocycles. The van der Waals surface area contributed by atoms with Gasteiger partial charge in [0.05, 0.1) is 0 Å². The quantitative estimate of drug-likeness (QED) is 0.865. The average Bonchev–Trinajstić information content (AvgIpc) is 2.38. The van der Waals surface area contributed by atoms with Crippen LogP contribution in [0.5, 0.6) is 0 Å². The minimum atomic E-state index is -0.185. The zero-order valence-corrected chi connectivity index (χ0v) is 13.1. The van der Waals surface area contributed by atoms with Crippen molar-refractivity contribution < 1.29 is 4.39 Å². The standard InChI is InChI=1S/C16H14BrClFN/c17-13-3-1-2-12(7-13)16(9-20-10-16)8-11-6-14(18)4-5-15(11)19/h1-7,20H,8-10H2. The first-order chi connectivity index (χ1) is 9.59. The highest BCUT2D eigenvalue weighted by atomic mass is 79.9. The van der Waals surface area contributed by atoms with Crippen molar-refractivity contribution in [3.63, 3.8) is 0 Å². The molecular weight excluding hydrogens is 341 g/mol. The predicted molar refractivity (Wildman–Crippen MR) is 83.8 cm³/mol. The molecule has 1 nitrogen and oxygen atoms in total. The van der Waals surface area contributed by atoms with Crippen LogP contribution >= 0.6 is 27.5 Å². The highest BCUT2D eigenvalue weighted by molar-refractivity contribution is 9.10. The second-order valence-electron chi connectivity index (χ2n) is 5.31. The van der Waals surface area contributed by atoms with Gasteiger partial charge in [0.15, 0.2) is 0 Å². The van der Waals surface area contributed by atoms with E-state index in [0.717, 1.165) is 17.6 Å². The minimum absolute atomic E-state index is 0.0463. The lowest BCUT2D eigenvalue weighted by Gasteiger charge is -2.43. The third kappa shape index (κ3) is 2.62. The molecule has 0 bridgehead atoms. The largest absolute Gasteiger partial charge is 0.315 e. The average molecular weight is 355 g/mol. The van der Waals surface area contributed by atoms with Crippen LogP contribution in [-0.4, -0.2) is 13.1 Å². The highest BCUT2D eigenvalue weighted by Gasteiger charge is 2.39. The van der Waals surface area contributed by atoms with Crippen LogP contribution in [0, 0.1) is 5.82 Å². The van der Waals surface area contributed by atoms with Crippen molar-refractivity contribution in [2.45, 2.75) is 11.8 Å². The number of benzene rings is 2. The van der Waals surface area contributed by atoms with Crippen LogP contribution in [0.25, 0.3) is 0 Å². The van der Waals surface area contributed by atoms with E-state index < -0.39 is 0 Å². The summed E-state index contributed by atoms with van der Waals surface area (Å²) in [6, 6.07) is 13.0. The number of hydrogen-bond acceptors (Lipinski definition) is 1. The molecule has 0 saturated carbocycles. The van der Waals surface area contributed by atoms with E-state index in [9.17, 15) is 4.39 Å². The lowest BCUT2D eigenvalue weighted by Crippen LogP contribution is -2.58. The first-order valence-corrected chi connectivity index (χ1v) is 7.67. The van der Waals surface area contributed by atoms with E-state index in [4.69, 9.17) is 11.6 Å². The van der Waals surface area contributed by atoms with Gasteiger partial charge < -0.3 is 5.32 Å². The summed E-state index contributed by atoms with van der Waals surface area (Å²) < 4.78 is 15.0. The van der Waals surface area contributed by atoms with Crippen LogP contribution in [0.15, 0.2) is 46.9 Å². The van der Waals surface area contributed by atoms with E-state index >= 15 is 0 Å². The molecule has 1 aliphatic heterocycles. The Hall–Kier alpha value is -0.900. The van der Waals surface area contributed by atoms with E-state index in [1.54, 1.807) is 12.1 Å². The third-order valence-electron chi connectivity index (χ3n) is 3.90. The molecule has 0 radical (unpaired) electrons. The van der Waals surface area contributed by atoms with Gasteiger partial charge in [-0.15, -0.1) is 0 Å². The van der Waals surface area contributed by atoms with Crippen molar-refractivity contribution in [3.05, 3.63) is 68.9 Å². The smallest absolute Gasteiger partial charge is 0.126 e. The monoisotopic (exact) mass is 353 g/mol. The van der Waals surface area contributed by atoms with Gasteiger partial charge in [0.2, 0.25) is 0 Å². The van der Waals surface area contributed by atoms with Crippen LogP contribution in [0.1, 0.15) is 11.1 Å². The van der Waals surface area contributed by atoms with Crippen molar-refractivity contribution in [2.75, 3.05) is 13.1 Å². The molecule has 3 rings (SSSR count). The van der Waals surface area contributed by atoms with E-state index in [0.29, 0.717) is 17.0 Å². The number of halogens is 3. The Balaban J connectivity index is 1.96. The van der Waals surface area contributed by atoms with Crippen LogP contribution in [0.2, 0.25) is 5.02 Å². The van der Waals surface area contributed by atoms with E-state index in [2.05, 4.69) is 33.4 Å². The molecule has 0 atom stereocenters. The lowest BCUT2D eigenvalue weighted by atomic mass is 9.71. The van der Waals surface area contributed by atoms with Crippen molar-refractivity contribution in [1.82, 2.24) is 5.32 Å². The predicted octanol–water partition coefficient (Wildman–Crippen LogP) is 4.33. The fraction of sp³-hybridized carbons (Fsp3) is 0.250. The molecule has 0 aliphatic carbocycles. The number of hydrogen-bond donors (Lipinski definition) is 1. The molecule has 1 aliphatic rings. The summed E-state index contributed by atoms with van der Waals surface area (Å²) in [6.45, 7) is 1.71. The molecule has 1 heterocycles. The third-order valence-corrected chi connectivity index (χ3v) is 4.63. The van der Waals surface area contributed by atoms with Crippen LogP contribution < -0.4 is 5.32 Å². The van der Waals surface area contributed by atoms with Gasteiger partial charge in [-0.2, -0.15) is 0 Å². The van der Waals surface area contributed by atoms with Gasteiger partial charge in [0.1, 0.15) is 5.82 Å². The van der Waals surface area contributed by atoms with E-state index in [-0.39, 0.29) is 11.2 Å². The summed E-state index contributed by atoms with van der Waals surface area (Å²) in [5, 5.41) is 3.89. The fourth-order valence-corrected chi connectivity index (χ4v) is 3.31. The van der Waals surface area contributed by atoms with Gasteiger partial charge in [-0.05, 0) is 47.9 Å². The summed E-state index contributed by atoms with van der Waals surface area (Å²) in [7, 11) is 0. The Morgan fingerprint density at radius 2 is 2.00 bits per heavy atom. The topological polar surface area (TPSA) is 12.0 Å². The van der Waals surface area contributed by atoms with Crippen LogP contribution in [0.4, 0.5) is 4.39 Å². The highest BCUT2D eigenvalue weighted by Crippen LogP contribution is 2.35. The maximum Gasteiger partial charge on any atom is 0.126 e. The van der Waals surface area contributed by atoms with Crippen molar-refractivity contribution >= 4 is 27.5 Å². The normalized spacial score (nSPS) is 16.8. The molecule has 4 heteroatoms. The minimum Gasteiger partial charge on any atom is -0.315 e. The van der Waals surface area contributed by atoms with Crippen molar-refractivity contribution in [2.24, 2.45) is 0 Å². The molecule has 20 heavy (non-hydrogen) atoms. The van der Waals surface area contributed by atoms with Crippen molar-refractivity contribution in [1.29, 1.82) is 0 Å². The molecule has 0 spiro atoms. The summed E-state index contributed by atoms with van der Waals surface area (Å²) >= 11 is 9.49. The number of nitrogens with one attached hydrogen (secondary N) is 1. The van der Waals surface area contributed by atoms with E-state index in [1.165, 1.54) is 11.6 Å². The lowest BCUT2D eigenvalue weighted by molar-refractivity contribution is 0.272. The van der Waals surface area contributed by atoms with Gasteiger partial charge in [0, 0.05) is 28.0 Å². The first-order valence-electron chi connectivity index (χ1n) is 6.50. The molecule has 1 saturated heterocycles. The summed E-state index contributed by atoms with van der Waals surface area (Å²) in [5.41, 5.74) is 1.86. The van der Waals surface area contributed by atoms with E-state index in [1.807, 2.05) is 12.1 Å². The second-order valence-corrected chi connectivity index (χ2v) is 6.66.